The van der Waals surface area contributed by atoms with Crippen molar-refractivity contribution in [1.29, 1.82) is 0 Å². The molecule has 2 amide bonds. The van der Waals surface area contributed by atoms with Crippen molar-refractivity contribution in [2.24, 2.45) is 0 Å². The lowest BCUT2D eigenvalue weighted by atomic mass is 10.1. The molecule has 1 N–H and O–H groups in total. The normalized spacial score (nSPS) is 14.9. The standard InChI is InChI=1S/C25H32BrN3O5S/c1-18(25(31)27-21-9-4-5-10-21)28(16-19-7-6-8-20(26)15-19)24(30)17-29(35(3,32)33)22-11-13-23(34-2)14-12-22/h6-8,11-15,18,21H,4-5,9-10,16-17H2,1-3H3,(H,27,31)/t18-/m1/s1. The van der Waals surface area contributed by atoms with Gasteiger partial charge in [0.1, 0.15) is 18.3 Å². The van der Waals surface area contributed by atoms with Crippen LogP contribution in [-0.4, -0.2) is 57.1 Å². The van der Waals surface area contributed by atoms with Crippen LogP contribution in [0.5, 0.6) is 5.75 Å². The molecule has 35 heavy (non-hydrogen) atoms. The fourth-order valence-electron chi connectivity index (χ4n) is 4.17. The predicted octanol–water partition coefficient (Wildman–Crippen LogP) is 3.70. The number of hydrogen-bond acceptors (Lipinski definition) is 5. The number of hydrogen-bond donors (Lipinski definition) is 1. The summed E-state index contributed by atoms with van der Waals surface area (Å²) in [5.41, 5.74) is 1.16. The lowest BCUT2D eigenvalue weighted by molar-refractivity contribution is -0.139. The smallest absolute Gasteiger partial charge is 0.244 e. The quantitative estimate of drug-likeness (QED) is 0.473. The highest BCUT2D eigenvalue weighted by Gasteiger charge is 2.31. The Hall–Kier alpha value is -2.59. The molecule has 3 rings (SSSR count). The zero-order chi connectivity index (χ0) is 25.6. The maximum atomic E-state index is 13.6. The molecule has 0 radical (unpaired) electrons. The fourth-order valence-corrected chi connectivity index (χ4v) is 5.47. The molecule has 1 aliphatic carbocycles. The molecule has 2 aromatic carbocycles. The monoisotopic (exact) mass is 565 g/mol. The summed E-state index contributed by atoms with van der Waals surface area (Å²) < 4.78 is 32.3. The van der Waals surface area contributed by atoms with E-state index in [2.05, 4.69) is 21.2 Å². The van der Waals surface area contributed by atoms with E-state index in [0.717, 1.165) is 46.3 Å². The van der Waals surface area contributed by atoms with Crippen molar-refractivity contribution < 1.29 is 22.7 Å². The number of benzene rings is 2. The van der Waals surface area contributed by atoms with Gasteiger partial charge in [0.15, 0.2) is 0 Å². The lowest BCUT2D eigenvalue weighted by Gasteiger charge is -2.32. The zero-order valence-corrected chi connectivity index (χ0v) is 22.6. The van der Waals surface area contributed by atoms with E-state index < -0.39 is 28.5 Å². The van der Waals surface area contributed by atoms with Gasteiger partial charge >= 0.3 is 0 Å². The number of nitrogens with zero attached hydrogens (tertiary/aromatic N) is 2. The number of ether oxygens (including phenoxy) is 1. The minimum Gasteiger partial charge on any atom is -0.497 e. The van der Waals surface area contributed by atoms with Crippen molar-refractivity contribution in [2.75, 3.05) is 24.2 Å². The summed E-state index contributed by atoms with van der Waals surface area (Å²) in [6.45, 7) is 1.41. The van der Waals surface area contributed by atoms with Gasteiger partial charge in [-0.2, -0.15) is 0 Å². The van der Waals surface area contributed by atoms with Crippen molar-refractivity contribution in [3.63, 3.8) is 0 Å². The van der Waals surface area contributed by atoms with Crippen molar-refractivity contribution in [3.05, 3.63) is 58.6 Å². The van der Waals surface area contributed by atoms with Crippen molar-refractivity contribution in [2.45, 2.75) is 51.2 Å². The number of sulfonamides is 1. The zero-order valence-electron chi connectivity index (χ0n) is 20.2. The summed E-state index contributed by atoms with van der Waals surface area (Å²) in [4.78, 5) is 28.1. The second-order valence-corrected chi connectivity index (χ2v) is 11.6. The highest BCUT2D eigenvalue weighted by atomic mass is 79.9. The first-order chi connectivity index (χ1) is 16.6. The Labute approximate surface area is 215 Å². The van der Waals surface area contributed by atoms with Crippen LogP contribution >= 0.6 is 15.9 Å². The van der Waals surface area contributed by atoms with Crippen LogP contribution in [0.25, 0.3) is 0 Å². The van der Waals surface area contributed by atoms with E-state index in [1.54, 1.807) is 31.2 Å². The largest absolute Gasteiger partial charge is 0.497 e. The average Bonchev–Trinajstić information content (AvgIpc) is 3.33. The van der Waals surface area contributed by atoms with Gasteiger partial charge in [-0.15, -0.1) is 0 Å². The summed E-state index contributed by atoms with van der Waals surface area (Å²) in [7, 11) is -2.25. The number of methoxy groups -OCH3 is 1. The van der Waals surface area contributed by atoms with Crippen molar-refractivity contribution in [1.82, 2.24) is 10.2 Å². The van der Waals surface area contributed by atoms with Gasteiger partial charge in [0.25, 0.3) is 0 Å². The third-order valence-electron chi connectivity index (χ3n) is 6.15. The molecule has 190 valence electrons. The van der Waals surface area contributed by atoms with Gasteiger partial charge < -0.3 is 15.0 Å². The number of rotatable bonds is 10. The van der Waals surface area contributed by atoms with E-state index in [1.807, 2.05) is 24.3 Å². The second kappa shape index (κ2) is 11.9. The van der Waals surface area contributed by atoms with Gasteiger partial charge in [-0.25, -0.2) is 8.42 Å². The van der Waals surface area contributed by atoms with E-state index in [1.165, 1.54) is 12.0 Å². The fraction of sp³-hybridized carbons (Fsp3) is 0.440. The minimum atomic E-state index is -3.77. The molecule has 1 fully saturated rings. The maximum absolute atomic E-state index is 13.6. The molecule has 0 bridgehead atoms. The number of carbonyl (C=O) groups is 2. The summed E-state index contributed by atoms with van der Waals surface area (Å²) in [6.07, 6.45) is 5.06. The van der Waals surface area contributed by atoms with Crippen LogP contribution in [0, 0.1) is 0 Å². The first kappa shape index (κ1) is 27.0. The van der Waals surface area contributed by atoms with Crippen LogP contribution in [0.3, 0.4) is 0 Å². The van der Waals surface area contributed by atoms with E-state index in [-0.39, 0.29) is 18.5 Å². The van der Waals surface area contributed by atoms with E-state index in [4.69, 9.17) is 4.74 Å². The summed E-state index contributed by atoms with van der Waals surface area (Å²) in [5, 5.41) is 3.05. The summed E-state index contributed by atoms with van der Waals surface area (Å²) in [5.74, 6) is -0.141. The molecular formula is C25H32BrN3O5S. The Morgan fingerprint density at radius 1 is 1.14 bits per heavy atom. The lowest BCUT2D eigenvalue weighted by Crippen LogP contribution is -2.52. The minimum absolute atomic E-state index is 0.111. The molecule has 0 unspecified atom stereocenters. The maximum Gasteiger partial charge on any atom is 0.244 e. The molecule has 0 saturated heterocycles. The Balaban J connectivity index is 1.87. The van der Waals surface area contributed by atoms with Crippen LogP contribution < -0.4 is 14.4 Å². The first-order valence-corrected chi connectivity index (χ1v) is 14.2. The third-order valence-corrected chi connectivity index (χ3v) is 7.78. The average molecular weight is 567 g/mol. The van der Waals surface area contributed by atoms with E-state index in [0.29, 0.717) is 11.4 Å². The molecular weight excluding hydrogens is 534 g/mol. The molecule has 2 aromatic rings. The number of nitrogens with one attached hydrogen (secondary N) is 1. The molecule has 8 nitrogen and oxygen atoms in total. The van der Waals surface area contributed by atoms with Gasteiger partial charge in [-0.05, 0) is 61.7 Å². The van der Waals surface area contributed by atoms with Crippen LogP contribution in [0.2, 0.25) is 0 Å². The van der Waals surface area contributed by atoms with E-state index in [9.17, 15) is 18.0 Å². The number of amides is 2. The van der Waals surface area contributed by atoms with Crippen LogP contribution in [0.4, 0.5) is 5.69 Å². The Morgan fingerprint density at radius 2 is 1.80 bits per heavy atom. The SMILES string of the molecule is COc1ccc(N(CC(=O)N(Cc2cccc(Br)c2)[C@H](C)C(=O)NC2CCCC2)S(C)(=O)=O)cc1. The molecule has 0 spiro atoms. The predicted molar refractivity (Wildman–Crippen MR) is 140 cm³/mol. The van der Waals surface area contributed by atoms with Crippen LogP contribution in [-0.2, 0) is 26.2 Å². The highest BCUT2D eigenvalue weighted by Crippen LogP contribution is 2.23. The topological polar surface area (TPSA) is 96.0 Å². The first-order valence-electron chi connectivity index (χ1n) is 11.5. The third kappa shape index (κ3) is 7.44. The molecule has 1 aliphatic rings. The van der Waals surface area contributed by atoms with Crippen molar-refractivity contribution >= 4 is 43.5 Å². The summed E-state index contributed by atoms with van der Waals surface area (Å²) >= 11 is 3.44. The molecule has 0 aromatic heterocycles. The van der Waals surface area contributed by atoms with E-state index >= 15 is 0 Å². The Bertz CT molecular complexity index is 1130. The van der Waals surface area contributed by atoms with Crippen molar-refractivity contribution in [3.8, 4) is 5.75 Å². The molecule has 10 heteroatoms. The second-order valence-electron chi connectivity index (χ2n) is 8.79. The molecule has 0 heterocycles. The van der Waals surface area contributed by atoms with Gasteiger partial charge in [0.2, 0.25) is 21.8 Å². The van der Waals surface area contributed by atoms with Gasteiger partial charge in [0, 0.05) is 17.1 Å². The molecule has 0 aliphatic heterocycles. The van der Waals surface area contributed by atoms with Gasteiger partial charge in [-0.1, -0.05) is 40.9 Å². The Morgan fingerprint density at radius 3 is 2.37 bits per heavy atom. The number of halogens is 1. The summed E-state index contributed by atoms with van der Waals surface area (Å²) in [6, 6.07) is 13.2. The number of anilines is 1. The molecule has 1 atom stereocenters. The van der Waals surface area contributed by atoms with Crippen LogP contribution in [0.1, 0.15) is 38.2 Å². The van der Waals surface area contributed by atoms with Gasteiger partial charge in [-0.3, -0.25) is 13.9 Å². The number of carbonyl (C=O) groups excluding carboxylic acids is 2. The Kier molecular flexibility index (Phi) is 9.18. The highest BCUT2D eigenvalue weighted by molar-refractivity contribution is 9.10. The van der Waals surface area contributed by atoms with Crippen LogP contribution in [0.15, 0.2) is 53.0 Å². The molecule has 1 saturated carbocycles. The van der Waals surface area contributed by atoms with Gasteiger partial charge in [0.05, 0.1) is 19.1 Å².